The number of carbonyl (C=O) groups excluding carboxylic acids is 1. The Bertz CT molecular complexity index is 246. The van der Waals surface area contributed by atoms with Crippen molar-refractivity contribution in [2.24, 2.45) is 0 Å². The Hall–Kier alpha value is -1.51. The van der Waals surface area contributed by atoms with Gasteiger partial charge in [-0.25, -0.2) is 10.1 Å². The van der Waals surface area contributed by atoms with Gasteiger partial charge in [-0.15, -0.1) is 0 Å². The minimum absolute atomic E-state index is 0.289. The molecule has 0 aliphatic carbocycles. The van der Waals surface area contributed by atoms with E-state index in [0.29, 0.717) is 0 Å². The summed E-state index contributed by atoms with van der Waals surface area (Å²) in [4.78, 5) is 10.6. The molecule has 0 aromatic heterocycles. The lowest BCUT2D eigenvalue weighted by atomic mass is 10.2. The van der Waals surface area contributed by atoms with E-state index in [4.69, 9.17) is 4.74 Å². The number of amides is 1. The van der Waals surface area contributed by atoms with Crippen molar-refractivity contribution in [3.63, 3.8) is 0 Å². The van der Waals surface area contributed by atoms with Gasteiger partial charge in [-0.05, 0) is 5.56 Å². The predicted molar refractivity (Wildman–Crippen MR) is 44.7 cm³/mol. The van der Waals surface area contributed by atoms with Gasteiger partial charge < -0.3 is 4.74 Å². The highest BCUT2D eigenvalue weighted by molar-refractivity contribution is 5.66. The highest BCUT2D eigenvalue weighted by Crippen LogP contribution is 2.00. The van der Waals surface area contributed by atoms with Gasteiger partial charge in [-0.3, -0.25) is 0 Å². The first kappa shape index (κ1) is 8.59. The van der Waals surface area contributed by atoms with E-state index in [1.54, 1.807) is 0 Å². The van der Waals surface area contributed by atoms with Crippen LogP contribution < -0.4 is 5.32 Å². The zero-order chi connectivity index (χ0) is 8.81. The van der Waals surface area contributed by atoms with E-state index < -0.39 is 6.09 Å². The summed E-state index contributed by atoms with van der Waals surface area (Å²) in [6.07, 6.45) is -0.529. The normalized spacial score (nSPS) is 9.08. The van der Waals surface area contributed by atoms with Gasteiger partial charge in [0, 0.05) is 7.05 Å². The van der Waals surface area contributed by atoms with Crippen molar-refractivity contribution in [1.29, 1.82) is 0 Å². The lowest BCUT2D eigenvalue weighted by Crippen LogP contribution is -2.11. The Morgan fingerprint density at radius 2 is 2.08 bits per heavy atom. The molecular formula is C9H10NO2. The second-order valence-corrected chi connectivity index (χ2v) is 2.26. The molecular weight excluding hydrogens is 154 g/mol. The third-order valence-electron chi connectivity index (χ3n) is 1.39. The standard InChI is InChI=1S/C9H10NO2/c1-10-9(11)12-7-8-5-3-2-4-6-8/h2-6H,7H2,1H3. The molecule has 3 heteroatoms. The lowest BCUT2D eigenvalue weighted by Gasteiger charge is -2.01. The monoisotopic (exact) mass is 164 g/mol. The molecule has 0 saturated carbocycles. The van der Waals surface area contributed by atoms with Crippen LogP contribution in [0.5, 0.6) is 0 Å². The number of ether oxygens (including phenoxy) is 1. The minimum atomic E-state index is -0.529. The zero-order valence-corrected chi connectivity index (χ0v) is 6.86. The van der Waals surface area contributed by atoms with Gasteiger partial charge in [0.15, 0.2) is 0 Å². The molecule has 1 amide bonds. The molecule has 0 heterocycles. The van der Waals surface area contributed by atoms with Crippen molar-refractivity contribution in [2.75, 3.05) is 7.05 Å². The van der Waals surface area contributed by atoms with Crippen LogP contribution in [0.3, 0.4) is 0 Å². The summed E-state index contributed by atoms with van der Waals surface area (Å²) in [5.74, 6) is 0. The maximum Gasteiger partial charge on any atom is 0.429 e. The van der Waals surface area contributed by atoms with E-state index in [2.05, 4.69) is 5.32 Å². The number of hydrogen-bond donors (Lipinski definition) is 0. The quantitative estimate of drug-likeness (QED) is 0.665. The van der Waals surface area contributed by atoms with E-state index >= 15 is 0 Å². The molecule has 0 N–H and O–H groups in total. The fourth-order valence-electron chi connectivity index (χ4n) is 0.784. The van der Waals surface area contributed by atoms with Crippen LogP contribution in [0, 0.1) is 0 Å². The van der Waals surface area contributed by atoms with Gasteiger partial charge in [0.25, 0.3) is 0 Å². The molecule has 0 aliphatic rings. The molecule has 0 fully saturated rings. The highest BCUT2D eigenvalue weighted by Gasteiger charge is 1.98. The third-order valence-corrected chi connectivity index (χ3v) is 1.39. The summed E-state index contributed by atoms with van der Waals surface area (Å²) in [5, 5.41) is 3.34. The number of hydrogen-bond acceptors (Lipinski definition) is 2. The molecule has 0 bridgehead atoms. The van der Waals surface area contributed by atoms with Crippen LogP contribution >= 0.6 is 0 Å². The Kier molecular flexibility index (Phi) is 3.14. The van der Waals surface area contributed by atoms with E-state index in [1.165, 1.54) is 7.05 Å². The van der Waals surface area contributed by atoms with Crippen molar-refractivity contribution < 1.29 is 9.53 Å². The lowest BCUT2D eigenvalue weighted by molar-refractivity contribution is 0.141. The molecule has 0 saturated heterocycles. The van der Waals surface area contributed by atoms with Crippen LogP contribution in [0.1, 0.15) is 5.56 Å². The summed E-state index contributed by atoms with van der Waals surface area (Å²) < 4.78 is 4.77. The van der Waals surface area contributed by atoms with E-state index in [-0.39, 0.29) is 6.61 Å². The molecule has 0 aliphatic heterocycles. The predicted octanol–water partition coefficient (Wildman–Crippen LogP) is 1.56. The molecule has 1 rings (SSSR count). The second kappa shape index (κ2) is 4.38. The average Bonchev–Trinajstić information content (AvgIpc) is 2.16. The Balaban J connectivity index is 2.38. The van der Waals surface area contributed by atoms with Crippen LogP contribution in [0.15, 0.2) is 30.3 Å². The molecule has 0 atom stereocenters. The van der Waals surface area contributed by atoms with Crippen molar-refractivity contribution >= 4 is 6.09 Å². The topological polar surface area (TPSA) is 40.4 Å². The van der Waals surface area contributed by atoms with Crippen LogP contribution in [0.4, 0.5) is 4.79 Å². The van der Waals surface area contributed by atoms with Crippen molar-refractivity contribution in [1.82, 2.24) is 5.32 Å². The number of rotatable bonds is 2. The van der Waals surface area contributed by atoms with Crippen LogP contribution in [0.2, 0.25) is 0 Å². The van der Waals surface area contributed by atoms with Crippen LogP contribution in [-0.2, 0) is 11.3 Å². The Morgan fingerprint density at radius 3 is 2.67 bits per heavy atom. The van der Waals surface area contributed by atoms with Gasteiger partial charge >= 0.3 is 6.09 Å². The van der Waals surface area contributed by atoms with Crippen molar-refractivity contribution in [2.45, 2.75) is 6.61 Å². The largest absolute Gasteiger partial charge is 0.443 e. The average molecular weight is 164 g/mol. The van der Waals surface area contributed by atoms with Crippen molar-refractivity contribution in [3.05, 3.63) is 35.9 Å². The van der Waals surface area contributed by atoms with Crippen LogP contribution in [0.25, 0.3) is 0 Å². The Morgan fingerprint density at radius 1 is 1.42 bits per heavy atom. The fourth-order valence-corrected chi connectivity index (χ4v) is 0.784. The Labute approximate surface area is 71.4 Å². The summed E-state index contributed by atoms with van der Waals surface area (Å²) in [7, 11) is 1.41. The van der Waals surface area contributed by atoms with Gasteiger partial charge in [0.05, 0.1) is 0 Å². The zero-order valence-electron chi connectivity index (χ0n) is 6.86. The van der Waals surface area contributed by atoms with E-state index in [0.717, 1.165) is 5.56 Å². The van der Waals surface area contributed by atoms with E-state index in [1.807, 2.05) is 30.3 Å². The van der Waals surface area contributed by atoms with E-state index in [9.17, 15) is 4.79 Å². The first-order valence-electron chi connectivity index (χ1n) is 3.63. The van der Waals surface area contributed by atoms with Gasteiger partial charge in [-0.1, -0.05) is 30.3 Å². The first-order valence-corrected chi connectivity index (χ1v) is 3.63. The number of benzene rings is 1. The van der Waals surface area contributed by atoms with Gasteiger partial charge in [-0.2, -0.15) is 0 Å². The number of nitrogens with zero attached hydrogens (tertiary/aromatic N) is 1. The van der Waals surface area contributed by atoms with Crippen molar-refractivity contribution in [3.8, 4) is 0 Å². The second-order valence-electron chi connectivity index (χ2n) is 2.26. The summed E-state index contributed by atoms with van der Waals surface area (Å²) >= 11 is 0. The summed E-state index contributed by atoms with van der Waals surface area (Å²) in [5.41, 5.74) is 0.967. The molecule has 1 aromatic rings. The highest BCUT2D eigenvalue weighted by atomic mass is 16.5. The molecule has 12 heavy (non-hydrogen) atoms. The van der Waals surface area contributed by atoms with Gasteiger partial charge in [0.1, 0.15) is 6.61 Å². The third kappa shape index (κ3) is 2.62. The molecule has 3 nitrogen and oxygen atoms in total. The molecule has 0 unspecified atom stereocenters. The maximum atomic E-state index is 10.6. The number of carbonyl (C=O) groups is 1. The molecule has 1 aromatic carbocycles. The smallest absolute Gasteiger partial charge is 0.429 e. The maximum absolute atomic E-state index is 10.6. The molecule has 0 spiro atoms. The SMILES string of the molecule is C[N]C(=O)OCc1ccccc1. The van der Waals surface area contributed by atoms with Crippen LogP contribution in [-0.4, -0.2) is 13.1 Å². The van der Waals surface area contributed by atoms with Gasteiger partial charge in [0.2, 0.25) is 0 Å². The molecule has 1 radical (unpaired) electrons. The minimum Gasteiger partial charge on any atom is -0.443 e. The molecule has 63 valence electrons. The summed E-state index contributed by atoms with van der Waals surface area (Å²) in [6, 6.07) is 9.49. The first-order chi connectivity index (χ1) is 5.83. The summed E-state index contributed by atoms with van der Waals surface area (Å²) in [6.45, 7) is 0.289. The fraction of sp³-hybridized carbons (Fsp3) is 0.222.